The maximum Gasteiger partial charge on any atom is 0.241 e. The molecule has 1 heterocycles. The molecule has 4 heteroatoms. The van der Waals surface area contributed by atoms with Gasteiger partial charge in [0.05, 0.1) is 12.8 Å². The van der Waals surface area contributed by atoms with Crippen LogP contribution in [0.3, 0.4) is 0 Å². The van der Waals surface area contributed by atoms with Gasteiger partial charge in [-0.05, 0) is 47.7 Å². The molecule has 0 saturated heterocycles. The molecular weight excluding hydrogens is 312 g/mol. The predicted octanol–water partition coefficient (Wildman–Crippen LogP) is 3.85. The third kappa shape index (κ3) is 2.58. The number of fused-ring (bicyclic) bond motifs is 2. The minimum absolute atomic E-state index is 0.0288. The zero-order chi connectivity index (χ0) is 17.4. The molecule has 2 aromatic rings. The van der Waals surface area contributed by atoms with Crippen LogP contribution >= 0.6 is 0 Å². The van der Waals surface area contributed by atoms with Crippen LogP contribution in [0.5, 0.6) is 5.75 Å². The number of nitrogens with one attached hydrogen (secondary N) is 1. The van der Waals surface area contributed by atoms with Crippen molar-refractivity contribution in [2.45, 2.75) is 32.2 Å². The van der Waals surface area contributed by atoms with Gasteiger partial charge in [0, 0.05) is 12.0 Å². The van der Waals surface area contributed by atoms with Gasteiger partial charge in [-0.15, -0.1) is 0 Å². The van der Waals surface area contributed by atoms with E-state index in [0.717, 1.165) is 29.9 Å². The summed E-state index contributed by atoms with van der Waals surface area (Å²) in [6.07, 6.45) is 2.38. The van der Waals surface area contributed by atoms with Crippen LogP contribution in [0.4, 0.5) is 0 Å². The molecule has 1 unspecified atom stereocenters. The van der Waals surface area contributed by atoms with E-state index in [0.29, 0.717) is 6.42 Å². The lowest BCUT2D eigenvalue weighted by Crippen LogP contribution is -2.39. The maximum absolute atomic E-state index is 12.6. The molecule has 0 spiro atoms. The summed E-state index contributed by atoms with van der Waals surface area (Å²) in [5.41, 5.74) is 9.38. The van der Waals surface area contributed by atoms with Gasteiger partial charge >= 0.3 is 0 Å². The highest BCUT2D eigenvalue weighted by atomic mass is 16.5. The van der Waals surface area contributed by atoms with Crippen LogP contribution in [0, 0.1) is 0 Å². The van der Waals surface area contributed by atoms with Crippen LogP contribution in [-0.2, 0) is 11.2 Å². The van der Waals surface area contributed by atoms with Gasteiger partial charge in [0.15, 0.2) is 0 Å². The van der Waals surface area contributed by atoms with Gasteiger partial charge in [-0.3, -0.25) is 10.2 Å². The molecular formula is C21H22N2O2. The van der Waals surface area contributed by atoms with Crippen molar-refractivity contribution in [1.82, 2.24) is 10.4 Å². The highest BCUT2D eigenvalue weighted by molar-refractivity contribution is 5.83. The second kappa shape index (κ2) is 6.28. The van der Waals surface area contributed by atoms with Crippen LogP contribution in [0.15, 0.2) is 54.1 Å². The molecule has 2 aliphatic rings. The Balaban J connectivity index is 1.81. The number of rotatable bonds is 3. The SMILES string of the molecule is CCC(=O)N1NC2=C(CCc3cc(OC)ccc32)C1c1ccccc1. The van der Waals surface area contributed by atoms with Crippen molar-refractivity contribution >= 4 is 11.6 Å². The fourth-order valence-corrected chi connectivity index (χ4v) is 3.82. The summed E-state index contributed by atoms with van der Waals surface area (Å²) in [6.45, 7) is 1.90. The van der Waals surface area contributed by atoms with E-state index >= 15 is 0 Å². The fraction of sp³-hybridized carbons (Fsp3) is 0.286. The molecule has 0 fully saturated rings. The minimum atomic E-state index is -0.0288. The third-order valence-electron chi connectivity index (χ3n) is 5.07. The summed E-state index contributed by atoms with van der Waals surface area (Å²) in [5.74, 6) is 0.986. The Morgan fingerprint density at radius 2 is 2.00 bits per heavy atom. The topological polar surface area (TPSA) is 41.6 Å². The third-order valence-corrected chi connectivity index (χ3v) is 5.07. The van der Waals surface area contributed by atoms with E-state index in [1.807, 2.05) is 31.2 Å². The summed E-state index contributed by atoms with van der Waals surface area (Å²) in [7, 11) is 1.69. The monoisotopic (exact) mass is 334 g/mol. The number of methoxy groups -OCH3 is 1. The zero-order valence-electron chi connectivity index (χ0n) is 14.6. The highest BCUT2D eigenvalue weighted by Gasteiger charge is 2.38. The van der Waals surface area contributed by atoms with E-state index < -0.39 is 0 Å². The molecule has 0 saturated carbocycles. The van der Waals surface area contributed by atoms with Crippen molar-refractivity contribution < 1.29 is 9.53 Å². The lowest BCUT2D eigenvalue weighted by Gasteiger charge is -2.26. The normalized spacial score (nSPS) is 18.5. The molecule has 4 nitrogen and oxygen atoms in total. The van der Waals surface area contributed by atoms with Crippen LogP contribution in [0.2, 0.25) is 0 Å². The molecule has 2 aromatic carbocycles. The summed E-state index contributed by atoms with van der Waals surface area (Å²) in [4.78, 5) is 12.6. The maximum atomic E-state index is 12.6. The summed E-state index contributed by atoms with van der Waals surface area (Å²) in [5, 5.41) is 1.80. The molecule has 0 bridgehead atoms. The number of hydrazine groups is 1. The number of ether oxygens (including phenoxy) is 1. The average Bonchev–Trinajstić information content (AvgIpc) is 3.07. The molecule has 1 N–H and O–H groups in total. The zero-order valence-corrected chi connectivity index (χ0v) is 14.6. The number of aryl methyl sites for hydroxylation is 1. The quantitative estimate of drug-likeness (QED) is 0.927. The molecule has 1 amide bonds. The number of hydrogen-bond acceptors (Lipinski definition) is 3. The van der Waals surface area contributed by atoms with Gasteiger partial charge in [0.25, 0.3) is 0 Å². The molecule has 0 radical (unpaired) electrons. The lowest BCUT2D eigenvalue weighted by atomic mass is 9.85. The predicted molar refractivity (Wildman–Crippen MR) is 97.7 cm³/mol. The van der Waals surface area contributed by atoms with Gasteiger partial charge < -0.3 is 4.74 Å². The Morgan fingerprint density at radius 3 is 2.72 bits per heavy atom. The van der Waals surface area contributed by atoms with Crippen molar-refractivity contribution in [2.24, 2.45) is 0 Å². The number of benzene rings is 2. The van der Waals surface area contributed by atoms with E-state index in [9.17, 15) is 4.79 Å². The fourth-order valence-electron chi connectivity index (χ4n) is 3.82. The van der Waals surface area contributed by atoms with Gasteiger partial charge in [-0.2, -0.15) is 0 Å². The molecule has 128 valence electrons. The van der Waals surface area contributed by atoms with E-state index in [2.05, 4.69) is 29.7 Å². The van der Waals surface area contributed by atoms with Gasteiger partial charge in [-0.1, -0.05) is 37.3 Å². The van der Waals surface area contributed by atoms with Crippen LogP contribution < -0.4 is 10.2 Å². The molecule has 1 aliphatic carbocycles. The minimum Gasteiger partial charge on any atom is -0.497 e. The summed E-state index contributed by atoms with van der Waals surface area (Å²) < 4.78 is 5.36. The number of hydrogen-bond donors (Lipinski definition) is 1. The van der Waals surface area contributed by atoms with Crippen molar-refractivity contribution in [3.8, 4) is 5.75 Å². The van der Waals surface area contributed by atoms with E-state index in [4.69, 9.17) is 4.74 Å². The Bertz CT molecular complexity index is 842. The molecule has 25 heavy (non-hydrogen) atoms. The first-order chi connectivity index (χ1) is 12.2. The van der Waals surface area contributed by atoms with Crippen molar-refractivity contribution in [3.05, 3.63) is 70.8 Å². The standard InChI is InChI=1S/C21H22N2O2/c1-3-19(24)23-21(14-7-5-4-6-8-14)18-11-9-15-13-16(25-2)10-12-17(15)20(18)22-23/h4-8,10,12-13,21-22H,3,9,11H2,1-2H3. The average molecular weight is 334 g/mol. The van der Waals surface area contributed by atoms with Gasteiger partial charge in [0.2, 0.25) is 5.91 Å². The number of carbonyl (C=O) groups is 1. The van der Waals surface area contributed by atoms with Crippen molar-refractivity contribution in [1.29, 1.82) is 0 Å². The largest absolute Gasteiger partial charge is 0.497 e. The van der Waals surface area contributed by atoms with E-state index in [1.165, 1.54) is 16.7 Å². The van der Waals surface area contributed by atoms with Crippen molar-refractivity contribution in [3.63, 3.8) is 0 Å². The summed E-state index contributed by atoms with van der Waals surface area (Å²) >= 11 is 0. The van der Waals surface area contributed by atoms with Crippen LogP contribution in [-0.4, -0.2) is 18.0 Å². The first kappa shape index (κ1) is 15.8. The molecule has 1 aliphatic heterocycles. The van der Waals surface area contributed by atoms with Crippen LogP contribution in [0.25, 0.3) is 5.70 Å². The molecule has 1 atom stereocenters. The number of nitrogens with zero attached hydrogens (tertiary/aromatic N) is 1. The van der Waals surface area contributed by atoms with E-state index in [-0.39, 0.29) is 11.9 Å². The molecule has 0 aromatic heterocycles. The van der Waals surface area contributed by atoms with Crippen molar-refractivity contribution in [2.75, 3.05) is 7.11 Å². The Kier molecular flexibility index (Phi) is 3.96. The smallest absolute Gasteiger partial charge is 0.241 e. The molecule has 4 rings (SSSR count). The Labute approximate surface area is 148 Å². The highest BCUT2D eigenvalue weighted by Crippen LogP contribution is 2.44. The second-order valence-electron chi connectivity index (χ2n) is 6.47. The first-order valence-electron chi connectivity index (χ1n) is 8.77. The lowest BCUT2D eigenvalue weighted by molar-refractivity contribution is -0.134. The van der Waals surface area contributed by atoms with Crippen LogP contribution in [0.1, 0.15) is 42.5 Å². The first-order valence-corrected chi connectivity index (χ1v) is 8.77. The van der Waals surface area contributed by atoms with E-state index in [1.54, 1.807) is 12.1 Å². The number of amides is 1. The Morgan fingerprint density at radius 1 is 1.20 bits per heavy atom. The second-order valence-corrected chi connectivity index (χ2v) is 6.47. The van der Waals surface area contributed by atoms with Gasteiger partial charge in [-0.25, -0.2) is 5.01 Å². The van der Waals surface area contributed by atoms with Gasteiger partial charge in [0.1, 0.15) is 11.8 Å². The number of carbonyl (C=O) groups excluding carboxylic acids is 1. The Hall–Kier alpha value is -2.75. The summed E-state index contributed by atoms with van der Waals surface area (Å²) in [6, 6.07) is 16.4.